The summed E-state index contributed by atoms with van der Waals surface area (Å²) in [5.74, 6) is -1.37. The molecule has 0 fully saturated rings. The fraction of sp³-hybridized carbons (Fsp3) is 0.286. The van der Waals surface area contributed by atoms with Gasteiger partial charge in [0.05, 0.1) is 0 Å². The van der Waals surface area contributed by atoms with Gasteiger partial charge in [-0.15, -0.1) is 0 Å². The molecule has 0 radical (unpaired) electrons. The number of benzene rings is 2. The topological polar surface area (TPSA) is 68.0 Å². The first-order chi connectivity index (χ1) is 13.9. The van der Waals surface area contributed by atoms with Crippen LogP contribution < -0.4 is 5.32 Å². The van der Waals surface area contributed by atoms with Gasteiger partial charge in [0.1, 0.15) is 0 Å². The molecule has 5 nitrogen and oxygen atoms in total. The summed E-state index contributed by atoms with van der Waals surface area (Å²) in [4.78, 5) is 16.9. The summed E-state index contributed by atoms with van der Waals surface area (Å²) in [6.45, 7) is 4.26. The molecule has 0 bridgehead atoms. The maximum atomic E-state index is 12.3. The molecule has 0 aliphatic carbocycles. The molecule has 3 aromatic rings. The predicted octanol–water partition coefficient (Wildman–Crippen LogP) is 5.75. The number of hydrogen-bond donors (Lipinski definition) is 1. The molecule has 0 aliphatic heterocycles. The Morgan fingerprint density at radius 3 is 2.41 bits per heavy atom. The van der Waals surface area contributed by atoms with Crippen LogP contribution in [-0.2, 0) is 11.2 Å². The summed E-state index contributed by atoms with van der Waals surface area (Å²) in [5.41, 5.74) is 2.63. The highest BCUT2D eigenvalue weighted by atomic mass is 32.2. The van der Waals surface area contributed by atoms with Crippen molar-refractivity contribution in [2.45, 2.75) is 43.3 Å². The Morgan fingerprint density at radius 2 is 1.79 bits per heavy atom. The second kappa shape index (κ2) is 9.65. The van der Waals surface area contributed by atoms with Crippen LogP contribution in [-0.4, -0.2) is 21.8 Å². The van der Waals surface area contributed by atoms with E-state index in [4.69, 9.17) is 4.52 Å². The summed E-state index contributed by atoms with van der Waals surface area (Å²) in [6, 6.07) is 14.2. The van der Waals surface area contributed by atoms with E-state index in [0.717, 1.165) is 5.56 Å². The van der Waals surface area contributed by atoms with E-state index in [-0.39, 0.29) is 12.3 Å². The lowest BCUT2D eigenvalue weighted by Crippen LogP contribution is -2.12. The highest BCUT2D eigenvalue weighted by Crippen LogP contribution is 2.26. The lowest BCUT2D eigenvalue weighted by molar-refractivity contribution is -0.116. The highest BCUT2D eigenvalue weighted by Gasteiger charge is 2.12. The summed E-state index contributed by atoms with van der Waals surface area (Å²) >= 11 is 0.462. The second-order valence-electron chi connectivity index (χ2n) is 6.74. The van der Waals surface area contributed by atoms with Gasteiger partial charge in [0.25, 0.3) is 5.76 Å². The number of aryl methyl sites for hydroxylation is 1. The average molecular weight is 417 g/mol. The van der Waals surface area contributed by atoms with Crippen molar-refractivity contribution in [1.29, 1.82) is 0 Å². The number of nitrogens with zero attached hydrogens (tertiary/aromatic N) is 2. The summed E-state index contributed by atoms with van der Waals surface area (Å²) < 4.78 is 29.9. The molecular weight excluding hydrogens is 396 g/mol. The minimum atomic E-state index is -2.47. The molecule has 2 aromatic carbocycles. The molecule has 29 heavy (non-hydrogen) atoms. The van der Waals surface area contributed by atoms with Gasteiger partial charge < -0.3 is 9.84 Å². The minimum absolute atomic E-state index is 0.168. The van der Waals surface area contributed by atoms with Crippen LogP contribution in [0.25, 0.3) is 11.4 Å². The third kappa shape index (κ3) is 6.12. The van der Waals surface area contributed by atoms with Crippen LogP contribution >= 0.6 is 11.8 Å². The fourth-order valence-electron chi connectivity index (χ4n) is 2.65. The molecule has 0 saturated carbocycles. The normalized spacial score (nSPS) is 11.2. The molecule has 1 N–H and O–H groups in total. The zero-order chi connectivity index (χ0) is 20.8. The van der Waals surface area contributed by atoms with Gasteiger partial charge in [0.2, 0.25) is 17.6 Å². The Labute approximate surface area is 171 Å². The van der Waals surface area contributed by atoms with E-state index in [0.29, 0.717) is 46.4 Å². The first-order valence-electron chi connectivity index (χ1n) is 9.18. The van der Waals surface area contributed by atoms with Gasteiger partial charge in [-0.1, -0.05) is 55.0 Å². The number of amides is 1. The molecule has 3 rings (SSSR count). The smallest absolute Gasteiger partial charge is 0.288 e. The number of halogens is 2. The van der Waals surface area contributed by atoms with Crippen LogP contribution in [0.4, 0.5) is 14.5 Å². The summed E-state index contributed by atoms with van der Waals surface area (Å²) in [5, 5.41) is 6.70. The zero-order valence-electron chi connectivity index (χ0n) is 16.1. The van der Waals surface area contributed by atoms with Crippen LogP contribution in [0.15, 0.2) is 57.9 Å². The number of carbonyl (C=O) groups is 1. The SMILES string of the molecule is CC(C)c1ccc(-c2noc(CCC(=O)Nc3ccc(SC(F)F)cc3)n2)cc1. The molecule has 0 aliphatic rings. The van der Waals surface area contributed by atoms with E-state index in [2.05, 4.69) is 29.3 Å². The van der Waals surface area contributed by atoms with Crippen LogP contribution in [0.1, 0.15) is 37.6 Å². The zero-order valence-corrected chi connectivity index (χ0v) is 16.9. The van der Waals surface area contributed by atoms with E-state index in [1.165, 1.54) is 5.56 Å². The van der Waals surface area contributed by atoms with Crippen molar-refractivity contribution in [3.63, 3.8) is 0 Å². The first kappa shape index (κ1) is 21.0. The van der Waals surface area contributed by atoms with Gasteiger partial charge in [-0.25, -0.2) is 0 Å². The Morgan fingerprint density at radius 1 is 1.10 bits per heavy atom. The molecule has 0 atom stereocenters. The van der Waals surface area contributed by atoms with Gasteiger partial charge in [-0.3, -0.25) is 4.79 Å². The predicted molar refractivity (Wildman–Crippen MR) is 109 cm³/mol. The quantitative estimate of drug-likeness (QED) is 0.473. The Hall–Kier alpha value is -2.74. The number of rotatable bonds is 8. The third-order valence-corrected chi connectivity index (χ3v) is 4.96. The van der Waals surface area contributed by atoms with Crippen molar-refractivity contribution in [1.82, 2.24) is 10.1 Å². The van der Waals surface area contributed by atoms with Crippen LogP contribution in [0.3, 0.4) is 0 Å². The molecule has 1 aromatic heterocycles. The van der Waals surface area contributed by atoms with Crippen LogP contribution in [0, 0.1) is 0 Å². The van der Waals surface area contributed by atoms with Crippen LogP contribution in [0.2, 0.25) is 0 Å². The van der Waals surface area contributed by atoms with Crippen molar-refractivity contribution >= 4 is 23.4 Å². The van der Waals surface area contributed by atoms with Crippen LogP contribution in [0.5, 0.6) is 0 Å². The lowest BCUT2D eigenvalue weighted by Gasteiger charge is -2.05. The Balaban J connectivity index is 1.52. The van der Waals surface area contributed by atoms with Gasteiger partial charge in [0, 0.05) is 29.0 Å². The maximum absolute atomic E-state index is 12.3. The van der Waals surface area contributed by atoms with Crippen molar-refractivity contribution in [3.8, 4) is 11.4 Å². The summed E-state index contributed by atoms with van der Waals surface area (Å²) in [7, 11) is 0. The number of aromatic nitrogens is 2. The Kier molecular flexibility index (Phi) is 6.98. The molecule has 152 valence electrons. The molecule has 8 heteroatoms. The largest absolute Gasteiger partial charge is 0.339 e. The number of thioether (sulfide) groups is 1. The van der Waals surface area contributed by atoms with E-state index in [9.17, 15) is 13.6 Å². The molecule has 1 heterocycles. The summed E-state index contributed by atoms with van der Waals surface area (Å²) in [6.07, 6.45) is 0.476. The lowest BCUT2D eigenvalue weighted by atomic mass is 10.0. The van der Waals surface area contributed by atoms with Gasteiger partial charge in [-0.2, -0.15) is 13.8 Å². The Bertz CT molecular complexity index is 941. The third-order valence-electron chi connectivity index (χ3n) is 4.23. The van der Waals surface area contributed by atoms with E-state index in [1.807, 2.05) is 24.3 Å². The monoisotopic (exact) mass is 417 g/mol. The first-order valence-corrected chi connectivity index (χ1v) is 10.1. The van der Waals surface area contributed by atoms with Gasteiger partial charge >= 0.3 is 0 Å². The molecule has 0 saturated heterocycles. The van der Waals surface area contributed by atoms with Gasteiger partial charge in [-0.05, 0) is 35.7 Å². The molecule has 0 spiro atoms. The molecule has 0 unspecified atom stereocenters. The second-order valence-corrected chi connectivity index (χ2v) is 7.80. The maximum Gasteiger partial charge on any atom is 0.288 e. The number of alkyl halides is 2. The highest BCUT2D eigenvalue weighted by molar-refractivity contribution is 7.99. The number of anilines is 1. The standard InChI is InChI=1S/C21H21F2N3O2S/c1-13(2)14-3-5-15(6-4-14)20-25-19(28-26-20)12-11-18(27)24-16-7-9-17(10-8-16)29-21(22)23/h3-10,13,21H,11-12H2,1-2H3,(H,24,27). The van der Waals surface area contributed by atoms with Crippen molar-refractivity contribution in [3.05, 3.63) is 60.0 Å². The number of hydrogen-bond acceptors (Lipinski definition) is 5. The van der Waals surface area contributed by atoms with E-state index in [1.54, 1.807) is 24.3 Å². The fourth-order valence-corrected chi connectivity index (χ4v) is 3.15. The number of carbonyl (C=O) groups excluding carboxylic acids is 1. The minimum Gasteiger partial charge on any atom is -0.339 e. The average Bonchev–Trinajstić information content (AvgIpc) is 3.17. The van der Waals surface area contributed by atoms with Crippen molar-refractivity contribution in [2.75, 3.05) is 5.32 Å². The van der Waals surface area contributed by atoms with Crippen molar-refractivity contribution in [2.24, 2.45) is 0 Å². The number of nitrogens with one attached hydrogen (secondary N) is 1. The molecular formula is C21H21F2N3O2S. The van der Waals surface area contributed by atoms with Gasteiger partial charge in [0.15, 0.2) is 0 Å². The van der Waals surface area contributed by atoms with E-state index < -0.39 is 5.76 Å². The van der Waals surface area contributed by atoms with E-state index >= 15 is 0 Å². The molecule has 1 amide bonds. The van der Waals surface area contributed by atoms with Crippen molar-refractivity contribution < 1.29 is 18.1 Å².